The van der Waals surface area contributed by atoms with Gasteiger partial charge in [0, 0.05) is 44.1 Å². The number of likely N-dealkylation sites (tertiary alicyclic amines) is 1. The van der Waals surface area contributed by atoms with Crippen molar-refractivity contribution in [2.75, 3.05) is 13.1 Å². The molecule has 2 aliphatic heterocycles. The fourth-order valence-corrected chi connectivity index (χ4v) is 6.97. The number of ketones is 1. The number of aromatic hydroxyl groups is 1. The van der Waals surface area contributed by atoms with Crippen molar-refractivity contribution in [3.63, 3.8) is 0 Å². The predicted octanol–water partition coefficient (Wildman–Crippen LogP) is 2.11. The van der Waals surface area contributed by atoms with Crippen molar-refractivity contribution in [1.29, 1.82) is 0 Å². The molecule has 6 rings (SSSR count). The van der Waals surface area contributed by atoms with Crippen molar-refractivity contribution in [2.45, 2.75) is 68.6 Å². The number of phenolic OH excluding ortho intramolecular Hbond substituents is 1. The number of hydroxylamine groups is 3. The van der Waals surface area contributed by atoms with Gasteiger partial charge in [-0.1, -0.05) is 6.07 Å². The molecule has 1 N–H and O–H groups in total. The summed E-state index contributed by atoms with van der Waals surface area (Å²) in [4.78, 5) is 25.3. The molecule has 5 atom stereocenters. The molecule has 2 heterocycles. The van der Waals surface area contributed by atoms with Crippen LogP contribution in [0, 0.1) is 11.1 Å². The van der Waals surface area contributed by atoms with Gasteiger partial charge in [-0.15, -0.1) is 0 Å². The highest BCUT2D eigenvalue weighted by atomic mass is 16.6. The minimum Gasteiger partial charge on any atom is -0.632 e. The number of ether oxygens (including phenoxy) is 2. The van der Waals surface area contributed by atoms with Crippen LogP contribution in [-0.2, 0) is 26.2 Å². The van der Waals surface area contributed by atoms with Gasteiger partial charge in [-0.25, -0.2) is 0 Å². The van der Waals surface area contributed by atoms with Crippen molar-refractivity contribution in [2.24, 2.45) is 5.92 Å². The lowest BCUT2D eigenvalue weighted by Gasteiger charge is -2.67. The highest BCUT2D eigenvalue weighted by molar-refractivity contribution is 5.90. The lowest BCUT2D eigenvalue weighted by Crippen LogP contribution is -2.81. The molecule has 154 valence electrons. The van der Waals surface area contributed by atoms with Gasteiger partial charge in [0.25, 0.3) is 0 Å². The van der Waals surface area contributed by atoms with Crippen LogP contribution < -0.4 is 4.74 Å². The Hall–Kier alpha value is -2.12. The van der Waals surface area contributed by atoms with Gasteiger partial charge in [-0.2, -0.15) is 0 Å². The quantitative estimate of drug-likeness (QED) is 0.475. The smallest absolute Gasteiger partial charge is 0.303 e. The Morgan fingerprint density at radius 1 is 1.38 bits per heavy atom. The summed E-state index contributed by atoms with van der Waals surface area (Å²) in [6.07, 6.45) is 2.81. The second-order valence-corrected chi connectivity index (χ2v) is 9.64. The number of piperidine rings is 1. The zero-order chi connectivity index (χ0) is 20.2. The van der Waals surface area contributed by atoms with E-state index in [1.54, 1.807) is 6.07 Å². The molecule has 3 aliphatic carbocycles. The molecule has 0 radical (unpaired) electrons. The van der Waals surface area contributed by atoms with Crippen LogP contribution in [0.2, 0.25) is 0 Å². The van der Waals surface area contributed by atoms with Crippen molar-refractivity contribution < 1.29 is 28.8 Å². The number of Topliss-reactive ketones (excluding diaryl/α,β-unsaturated/α-hetero) is 1. The van der Waals surface area contributed by atoms with E-state index < -0.39 is 29.1 Å². The van der Waals surface area contributed by atoms with E-state index >= 15 is 0 Å². The van der Waals surface area contributed by atoms with Gasteiger partial charge >= 0.3 is 5.97 Å². The van der Waals surface area contributed by atoms with E-state index in [0.29, 0.717) is 44.0 Å². The van der Waals surface area contributed by atoms with Crippen LogP contribution >= 0.6 is 0 Å². The number of carbonyl (C=O) groups excluding carboxylic acids is 2. The maximum absolute atomic E-state index is 14.2. The van der Waals surface area contributed by atoms with Gasteiger partial charge in [-0.3, -0.25) is 9.59 Å². The number of hydrogen-bond acceptors (Lipinski definition) is 6. The third-order valence-corrected chi connectivity index (χ3v) is 8.14. The van der Waals surface area contributed by atoms with E-state index in [4.69, 9.17) is 9.47 Å². The maximum Gasteiger partial charge on any atom is 0.303 e. The first-order valence-corrected chi connectivity index (χ1v) is 10.6. The molecule has 5 aliphatic rings. The second-order valence-electron chi connectivity index (χ2n) is 9.64. The minimum absolute atomic E-state index is 0.00179. The van der Waals surface area contributed by atoms with Crippen molar-refractivity contribution in [3.05, 3.63) is 28.5 Å². The summed E-state index contributed by atoms with van der Waals surface area (Å²) in [6, 6.07) is 2.97. The molecule has 3 fully saturated rings. The standard InChI is InChI=1S/C22H25NO6/c1-12(24)29-22-7-6-16(26)20-21(22)8-9-23(27,11-13-2-3-13)17(22)10-14-4-5-15(25)19(28-20)18(14)21/h4-5,13,17,20,25H,2-3,6-11H2,1H3/t17-,20+,21+,22?,23+/m1/s1. The number of phenols is 1. The molecule has 1 aromatic carbocycles. The van der Waals surface area contributed by atoms with Crippen molar-refractivity contribution in [1.82, 2.24) is 0 Å². The molecule has 2 saturated carbocycles. The van der Waals surface area contributed by atoms with Gasteiger partial charge < -0.3 is 24.4 Å². The topological polar surface area (TPSA) is 95.9 Å². The zero-order valence-corrected chi connectivity index (χ0v) is 16.5. The number of benzene rings is 1. The Morgan fingerprint density at radius 2 is 2.17 bits per heavy atom. The normalized spacial score (nSPS) is 41.5. The molecule has 1 aromatic rings. The van der Waals surface area contributed by atoms with Crippen LogP contribution in [-0.4, -0.2) is 52.3 Å². The average Bonchev–Trinajstić information content (AvgIpc) is 3.38. The van der Waals surface area contributed by atoms with Gasteiger partial charge in [-0.05, 0) is 24.5 Å². The Kier molecular flexibility index (Phi) is 3.25. The molecule has 1 saturated heterocycles. The van der Waals surface area contributed by atoms with Crippen LogP contribution in [0.1, 0.15) is 50.2 Å². The first-order valence-electron chi connectivity index (χ1n) is 10.6. The number of nitrogens with zero attached hydrogens (tertiary/aromatic N) is 1. The summed E-state index contributed by atoms with van der Waals surface area (Å²) in [5, 5.41) is 24.7. The third kappa shape index (κ3) is 2.00. The number of rotatable bonds is 3. The van der Waals surface area contributed by atoms with Gasteiger partial charge in [0.2, 0.25) is 0 Å². The molecule has 7 nitrogen and oxygen atoms in total. The molecule has 1 spiro atoms. The number of carbonyl (C=O) groups is 2. The van der Waals surface area contributed by atoms with Crippen LogP contribution in [0.3, 0.4) is 0 Å². The van der Waals surface area contributed by atoms with E-state index in [1.165, 1.54) is 6.92 Å². The summed E-state index contributed by atoms with van der Waals surface area (Å²) in [5.41, 5.74) is -0.212. The van der Waals surface area contributed by atoms with Crippen LogP contribution in [0.5, 0.6) is 11.5 Å². The van der Waals surface area contributed by atoms with E-state index in [2.05, 4.69) is 0 Å². The third-order valence-electron chi connectivity index (χ3n) is 8.14. The first-order chi connectivity index (χ1) is 13.8. The molecule has 2 bridgehead atoms. The molecule has 0 aromatic heterocycles. The fourth-order valence-electron chi connectivity index (χ4n) is 6.97. The summed E-state index contributed by atoms with van der Waals surface area (Å²) in [6.45, 7) is 2.30. The van der Waals surface area contributed by atoms with E-state index in [-0.39, 0.29) is 22.6 Å². The van der Waals surface area contributed by atoms with Gasteiger partial charge in [0.15, 0.2) is 29.0 Å². The van der Waals surface area contributed by atoms with Crippen LogP contribution in [0.15, 0.2) is 12.1 Å². The van der Waals surface area contributed by atoms with Crippen LogP contribution in [0.4, 0.5) is 0 Å². The summed E-state index contributed by atoms with van der Waals surface area (Å²) in [5.74, 6) is 0.309. The number of quaternary nitrogens is 1. The van der Waals surface area contributed by atoms with E-state index in [9.17, 15) is 19.9 Å². The molecular weight excluding hydrogens is 374 g/mol. The first kappa shape index (κ1) is 17.7. The molecular formula is C22H25NO6. The lowest BCUT2D eigenvalue weighted by molar-refractivity contribution is -0.923. The minimum atomic E-state index is -1.07. The second kappa shape index (κ2) is 5.32. The summed E-state index contributed by atoms with van der Waals surface area (Å²) >= 11 is 0. The van der Waals surface area contributed by atoms with Gasteiger partial charge in [0.1, 0.15) is 6.04 Å². The molecule has 0 amide bonds. The fraction of sp³-hybridized carbons (Fsp3) is 0.636. The molecule has 7 heteroatoms. The SMILES string of the molecule is CC(=O)OC12CCC(=O)[C@@H]3Oc4c(O)ccc5c4[C@@]31CC[N@+]([O-])(CC1CC1)[C@@H]2C5. The van der Waals surface area contributed by atoms with Crippen molar-refractivity contribution >= 4 is 11.8 Å². The number of hydrogen-bond donors (Lipinski definition) is 1. The van der Waals surface area contributed by atoms with Crippen LogP contribution in [0.25, 0.3) is 0 Å². The Balaban J connectivity index is 1.63. The number of esters is 1. The summed E-state index contributed by atoms with van der Waals surface area (Å²) in [7, 11) is 0. The molecule has 1 unspecified atom stereocenters. The Morgan fingerprint density at radius 3 is 2.90 bits per heavy atom. The van der Waals surface area contributed by atoms with E-state index in [1.807, 2.05) is 6.07 Å². The highest BCUT2D eigenvalue weighted by Crippen LogP contribution is 2.67. The predicted molar refractivity (Wildman–Crippen MR) is 101 cm³/mol. The largest absolute Gasteiger partial charge is 0.632 e. The Bertz CT molecular complexity index is 957. The zero-order valence-electron chi connectivity index (χ0n) is 16.5. The monoisotopic (exact) mass is 399 g/mol. The van der Waals surface area contributed by atoms with Crippen molar-refractivity contribution in [3.8, 4) is 11.5 Å². The highest BCUT2D eigenvalue weighted by Gasteiger charge is 2.78. The van der Waals surface area contributed by atoms with Gasteiger partial charge in [0.05, 0.1) is 18.5 Å². The average molecular weight is 399 g/mol. The summed E-state index contributed by atoms with van der Waals surface area (Å²) < 4.78 is 11.8. The lowest BCUT2D eigenvalue weighted by atomic mass is 9.48. The van der Waals surface area contributed by atoms with E-state index in [0.717, 1.165) is 24.0 Å². The molecule has 29 heavy (non-hydrogen) atoms. The Labute approximate surface area is 168 Å². The maximum atomic E-state index is 14.2.